The number of hydrogen-bond acceptors (Lipinski definition) is 4. The molecule has 0 saturated carbocycles. The van der Waals surface area contributed by atoms with Crippen LogP contribution in [0.1, 0.15) is 10.4 Å². The van der Waals surface area contributed by atoms with Crippen LogP contribution in [0.25, 0.3) is 0 Å². The van der Waals surface area contributed by atoms with Crippen molar-refractivity contribution in [2.24, 2.45) is 0 Å². The normalized spacial score (nSPS) is 12.5. The molecule has 3 rings (SSSR count). The minimum atomic E-state index is -0.243. The van der Waals surface area contributed by atoms with Gasteiger partial charge in [0.1, 0.15) is 0 Å². The molecule has 0 radical (unpaired) electrons. The summed E-state index contributed by atoms with van der Waals surface area (Å²) in [6, 6.07) is 6.83. The average molecular weight is 357 g/mol. The first kappa shape index (κ1) is 11.4. The minimum absolute atomic E-state index is 0.189. The number of fused-ring (bicyclic) bond motifs is 1. The van der Waals surface area contributed by atoms with Crippen molar-refractivity contribution in [3.05, 3.63) is 39.7 Å². The molecule has 0 fully saturated rings. The van der Waals surface area contributed by atoms with Gasteiger partial charge in [0, 0.05) is 9.64 Å². The van der Waals surface area contributed by atoms with Crippen molar-refractivity contribution in [3.63, 3.8) is 0 Å². The minimum Gasteiger partial charge on any atom is -0.454 e. The van der Waals surface area contributed by atoms with E-state index in [4.69, 9.17) is 13.9 Å². The van der Waals surface area contributed by atoms with E-state index in [-0.39, 0.29) is 12.7 Å². The number of halogens is 1. The van der Waals surface area contributed by atoms with Crippen LogP contribution < -0.4 is 14.8 Å². The maximum atomic E-state index is 12.1. The Morgan fingerprint density at radius 3 is 2.78 bits per heavy atom. The monoisotopic (exact) mass is 357 g/mol. The van der Waals surface area contributed by atoms with Gasteiger partial charge in [0.25, 0.3) is 5.91 Å². The maximum absolute atomic E-state index is 12.1. The zero-order chi connectivity index (χ0) is 12.5. The lowest BCUT2D eigenvalue weighted by Gasteiger charge is -2.06. The van der Waals surface area contributed by atoms with Gasteiger partial charge in [-0.3, -0.25) is 10.1 Å². The lowest BCUT2D eigenvalue weighted by Crippen LogP contribution is -2.12. The third kappa shape index (κ3) is 2.03. The third-order valence-electron chi connectivity index (χ3n) is 2.46. The molecule has 1 aromatic heterocycles. The Morgan fingerprint density at radius 2 is 2.06 bits per heavy atom. The number of amides is 1. The van der Waals surface area contributed by atoms with Gasteiger partial charge < -0.3 is 13.9 Å². The highest BCUT2D eigenvalue weighted by atomic mass is 127. The van der Waals surface area contributed by atoms with Crippen molar-refractivity contribution in [3.8, 4) is 11.5 Å². The Bertz CT molecular complexity index is 594. The fraction of sp³-hybridized carbons (Fsp3) is 0.0833. The summed E-state index contributed by atoms with van der Waals surface area (Å²) < 4.78 is 16.4. The Labute approximate surface area is 116 Å². The van der Waals surface area contributed by atoms with Crippen LogP contribution in [0.4, 0.5) is 5.88 Å². The molecular formula is C12H8INO4. The molecule has 0 bridgehead atoms. The molecule has 1 aromatic carbocycles. The van der Waals surface area contributed by atoms with Crippen LogP contribution in [0.2, 0.25) is 0 Å². The summed E-state index contributed by atoms with van der Waals surface area (Å²) >= 11 is 2.08. The molecular weight excluding hydrogens is 349 g/mol. The van der Waals surface area contributed by atoms with E-state index in [0.717, 1.165) is 3.57 Å². The summed E-state index contributed by atoms with van der Waals surface area (Å²) in [7, 11) is 0. The van der Waals surface area contributed by atoms with Crippen molar-refractivity contribution < 1.29 is 18.7 Å². The summed E-state index contributed by atoms with van der Waals surface area (Å²) in [5, 5.41) is 2.66. The Balaban J connectivity index is 1.90. The molecule has 1 amide bonds. The summed E-state index contributed by atoms with van der Waals surface area (Å²) in [5.41, 5.74) is 0.524. The molecule has 1 N–H and O–H groups in total. The molecule has 2 heterocycles. The van der Waals surface area contributed by atoms with Crippen LogP contribution in [-0.2, 0) is 0 Å². The predicted octanol–water partition coefficient (Wildman–Crippen LogP) is 2.87. The smallest absolute Gasteiger partial charge is 0.259 e. The number of benzene rings is 1. The van der Waals surface area contributed by atoms with Gasteiger partial charge in [0.15, 0.2) is 17.4 Å². The lowest BCUT2D eigenvalue weighted by molar-refractivity contribution is 0.102. The second kappa shape index (κ2) is 4.52. The molecule has 2 aromatic rings. The van der Waals surface area contributed by atoms with E-state index in [9.17, 15) is 4.79 Å². The van der Waals surface area contributed by atoms with Crippen molar-refractivity contribution in [2.45, 2.75) is 0 Å². The summed E-state index contributed by atoms with van der Waals surface area (Å²) in [4.78, 5) is 12.1. The van der Waals surface area contributed by atoms with E-state index < -0.39 is 0 Å². The van der Waals surface area contributed by atoms with Gasteiger partial charge >= 0.3 is 0 Å². The Morgan fingerprint density at radius 1 is 1.28 bits per heavy atom. The molecule has 0 spiro atoms. The Hall–Kier alpha value is -1.70. The number of anilines is 1. The molecule has 0 unspecified atom stereocenters. The molecule has 0 atom stereocenters. The van der Waals surface area contributed by atoms with Gasteiger partial charge in [0.05, 0.1) is 11.8 Å². The molecule has 6 heteroatoms. The van der Waals surface area contributed by atoms with Crippen LogP contribution >= 0.6 is 22.6 Å². The van der Waals surface area contributed by atoms with Gasteiger partial charge in [-0.1, -0.05) is 0 Å². The molecule has 5 nitrogen and oxygen atoms in total. The highest BCUT2D eigenvalue weighted by Gasteiger charge is 2.20. The van der Waals surface area contributed by atoms with Crippen LogP contribution in [0, 0.1) is 3.57 Å². The van der Waals surface area contributed by atoms with Crippen molar-refractivity contribution in [1.29, 1.82) is 0 Å². The number of carbonyl (C=O) groups excluding carboxylic acids is 1. The number of carbonyl (C=O) groups is 1. The molecule has 1 aliphatic rings. The quantitative estimate of drug-likeness (QED) is 0.840. The van der Waals surface area contributed by atoms with Gasteiger partial charge in [0.2, 0.25) is 6.79 Å². The van der Waals surface area contributed by atoms with Crippen molar-refractivity contribution in [2.75, 3.05) is 12.1 Å². The lowest BCUT2D eigenvalue weighted by atomic mass is 10.2. The summed E-state index contributed by atoms with van der Waals surface area (Å²) in [6.07, 6.45) is 1.50. The van der Waals surface area contributed by atoms with Crippen LogP contribution in [0.3, 0.4) is 0 Å². The van der Waals surface area contributed by atoms with E-state index >= 15 is 0 Å². The second-order valence-electron chi connectivity index (χ2n) is 3.62. The molecule has 0 aliphatic carbocycles. The first-order chi connectivity index (χ1) is 8.74. The van der Waals surface area contributed by atoms with Crippen LogP contribution in [-0.4, -0.2) is 12.7 Å². The maximum Gasteiger partial charge on any atom is 0.259 e. The highest BCUT2D eigenvalue weighted by molar-refractivity contribution is 14.1. The largest absolute Gasteiger partial charge is 0.454 e. The third-order valence-corrected chi connectivity index (χ3v) is 3.36. The number of ether oxygens (including phenoxy) is 2. The first-order valence-electron chi connectivity index (χ1n) is 5.18. The van der Waals surface area contributed by atoms with Crippen LogP contribution in [0.5, 0.6) is 11.5 Å². The van der Waals surface area contributed by atoms with E-state index in [2.05, 4.69) is 27.9 Å². The fourth-order valence-electron chi connectivity index (χ4n) is 1.62. The molecule has 18 heavy (non-hydrogen) atoms. The fourth-order valence-corrected chi connectivity index (χ4v) is 2.30. The van der Waals surface area contributed by atoms with Gasteiger partial charge in [-0.2, -0.15) is 0 Å². The highest BCUT2D eigenvalue weighted by Crippen LogP contribution is 2.35. The predicted molar refractivity (Wildman–Crippen MR) is 71.9 cm³/mol. The topological polar surface area (TPSA) is 60.7 Å². The number of furan rings is 1. The van der Waals surface area contributed by atoms with Gasteiger partial charge in [-0.25, -0.2) is 0 Å². The van der Waals surface area contributed by atoms with Gasteiger partial charge in [-0.15, -0.1) is 0 Å². The van der Waals surface area contributed by atoms with Gasteiger partial charge in [-0.05, 0) is 40.8 Å². The molecule has 1 aliphatic heterocycles. The first-order valence-corrected chi connectivity index (χ1v) is 6.26. The van der Waals surface area contributed by atoms with E-state index in [1.807, 2.05) is 0 Å². The number of rotatable bonds is 2. The molecule has 0 saturated heterocycles. The standard InChI is InChI=1S/C12H8INO4/c13-8-5-10-9(17-6-18-10)4-7(8)12(15)14-11-2-1-3-16-11/h1-5H,6H2,(H,14,15). The van der Waals surface area contributed by atoms with Crippen molar-refractivity contribution >= 4 is 34.4 Å². The summed E-state index contributed by atoms with van der Waals surface area (Å²) in [5.74, 6) is 1.41. The Kier molecular flexibility index (Phi) is 2.86. The van der Waals surface area contributed by atoms with Crippen molar-refractivity contribution in [1.82, 2.24) is 0 Å². The van der Waals surface area contributed by atoms with E-state index in [1.54, 1.807) is 24.3 Å². The summed E-state index contributed by atoms with van der Waals surface area (Å²) in [6.45, 7) is 0.189. The average Bonchev–Trinajstić information content (AvgIpc) is 2.98. The SMILES string of the molecule is O=C(Nc1ccco1)c1cc2c(cc1I)OCO2. The zero-order valence-corrected chi connectivity index (χ0v) is 11.3. The van der Waals surface area contributed by atoms with E-state index in [0.29, 0.717) is 22.9 Å². The number of hydrogen-bond donors (Lipinski definition) is 1. The molecule has 92 valence electrons. The second-order valence-corrected chi connectivity index (χ2v) is 4.78. The zero-order valence-electron chi connectivity index (χ0n) is 9.10. The van der Waals surface area contributed by atoms with E-state index in [1.165, 1.54) is 6.26 Å². The van der Waals surface area contributed by atoms with Crippen LogP contribution in [0.15, 0.2) is 34.9 Å². The number of nitrogens with one attached hydrogen (secondary N) is 1.